The molecule has 0 radical (unpaired) electrons. The topological polar surface area (TPSA) is 78.9 Å². The summed E-state index contributed by atoms with van der Waals surface area (Å²) in [5.74, 6) is -0.994. The highest BCUT2D eigenvalue weighted by Gasteiger charge is 2.19. The summed E-state index contributed by atoms with van der Waals surface area (Å²) in [5, 5.41) is 0. The predicted molar refractivity (Wildman–Crippen MR) is 261 cm³/mol. The van der Waals surface area contributed by atoms with Crippen LogP contribution in [-0.2, 0) is 28.6 Å². The highest BCUT2D eigenvalue weighted by atomic mass is 16.6. The van der Waals surface area contributed by atoms with Gasteiger partial charge >= 0.3 is 17.9 Å². The third kappa shape index (κ3) is 47.7. The second-order valence-electron chi connectivity index (χ2n) is 16.7. The predicted octanol–water partition coefficient (Wildman–Crippen LogP) is 16.6. The molecule has 0 fully saturated rings. The SMILES string of the molecule is CC/C=C\C/C=C\C/C=C\C/C=C\CCC(=O)OC(COC(=O)CCCCCCCCCCC)COC(=O)CCCCCCCCCCC/C=C\C/C=C\CCCCCCC. The van der Waals surface area contributed by atoms with Crippen LogP contribution in [-0.4, -0.2) is 37.2 Å². The van der Waals surface area contributed by atoms with E-state index >= 15 is 0 Å². The molecular formula is C55H94O6. The summed E-state index contributed by atoms with van der Waals surface area (Å²) in [6.45, 7) is 6.42. The maximum Gasteiger partial charge on any atom is 0.306 e. The van der Waals surface area contributed by atoms with Crippen molar-refractivity contribution in [2.75, 3.05) is 13.2 Å². The summed E-state index contributed by atoms with van der Waals surface area (Å²) in [7, 11) is 0. The molecule has 1 atom stereocenters. The lowest BCUT2D eigenvalue weighted by Crippen LogP contribution is -2.30. The van der Waals surface area contributed by atoms with Gasteiger partial charge in [0.25, 0.3) is 0 Å². The van der Waals surface area contributed by atoms with Gasteiger partial charge in [-0.2, -0.15) is 0 Å². The van der Waals surface area contributed by atoms with Crippen LogP contribution in [0.5, 0.6) is 0 Å². The first-order valence-electron chi connectivity index (χ1n) is 25.4. The van der Waals surface area contributed by atoms with E-state index in [-0.39, 0.29) is 31.6 Å². The molecule has 0 bridgehead atoms. The fraction of sp³-hybridized carbons (Fsp3) is 0.727. The molecule has 0 aromatic rings. The Morgan fingerprint density at radius 1 is 0.344 bits per heavy atom. The van der Waals surface area contributed by atoms with E-state index < -0.39 is 12.1 Å². The van der Waals surface area contributed by atoms with Gasteiger partial charge in [0.05, 0.1) is 0 Å². The van der Waals surface area contributed by atoms with Gasteiger partial charge in [0.1, 0.15) is 13.2 Å². The van der Waals surface area contributed by atoms with Crippen LogP contribution in [0.2, 0.25) is 0 Å². The molecule has 0 amide bonds. The fourth-order valence-electron chi connectivity index (χ4n) is 6.90. The fourth-order valence-corrected chi connectivity index (χ4v) is 6.90. The van der Waals surface area contributed by atoms with Crippen molar-refractivity contribution in [2.24, 2.45) is 0 Å². The summed E-state index contributed by atoms with van der Waals surface area (Å²) < 4.78 is 16.7. The lowest BCUT2D eigenvalue weighted by atomic mass is 10.1. The average Bonchev–Trinajstić information content (AvgIpc) is 3.26. The third-order valence-corrected chi connectivity index (χ3v) is 10.7. The van der Waals surface area contributed by atoms with Gasteiger partial charge in [0.15, 0.2) is 6.10 Å². The van der Waals surface area contributed by atoms with E-state index in [1.54, 1.807) is 0 Å². The van der Waals surface area contributed by atoms with E-state index in [2.05, 4.69) is 81.5 Å². The lowest BCUT2D eigenvalue weighted by Gasteiger charge is -2.18. The van der Waals surface area contributed by atoms with Crippen LogP contribution in [0.3, 0.4) is 0 Å². The zero-order chi connectivity index (χ0) is 44.4. The van der Waals surface area contributed by atoms with Crippen molar-refractivity contribution in [2.45, 2.75) is 245 Å². The highest BCUT2D eigenvalue weighted by molar-refractivity contribution is 5.71. The van der Waals surface area contributed by atoms with Gasteiger partial charge in [-0.3, -0.25) is 14.4 Å². The zero-order valence-electron chi connectivity index (χ0n) is 39.9. The van der Waals surface area contributed by atoms with E-state index in [1.165, 1.54) is 122 Å². The number of hydrogen-bond acceptors (Lipinski definition) is 6. The van der Waals surface area contributed by atoms with Crippen LogP contribution in [0.25, 0.3) is 0 Å². The van der Waals surface area contributed by atoms with Gasteiger partial charge in [0.2, 0.25) is 0 Å². The summed E-state index contributed by atoms with van der Waals surface area (Å²) in [6.07, 6.45) is 62.0. The normalized spacial score (nSPS) is 12.6. The van der Waals surface area contributed by atoms with E-state index in [1.807, 2.05) is 12.2 Å². The molecule has 0 saturated carbocycles. The molecule has 0 aromatic heterocycles. The average molecular weight is 851 g/mol. The minimum atomic E-state index is -0.811. The van der Waals surface area contributed by atoms with Gasteiger partial charge in [-0.1, -0.05) is 216 Å². The van der Waals surface area contributed by atoms with E-state index in [0.29, 0.717) is 19.3 Å². The van der Waals surface area contributed by atoms with E-state index in [9.17, 15) is 14.4 Å². The molecule has 350 valence electrons. The maximum atomic E-state index is 12.7. The van der Waals surface area contributed by atoms with Crippen LogP contribution in [0, 0.1) is 0 Å². The summed E-state index contributed by atoms with van der Waals surface area (Å²) >= 11 is 0. The van der Waals surface area contributed by atoms with E-state index in [0.717, 1.165) is 70.6 Å². The molecule has 0 aliphatic heterocycles. The van der Waals surface area contributed by atoms with Crippen molar-refractivity contribution >= 4 is 17.9 Å². The second kappa shape index (κ2) is 49.5. The number of unbranched alkanes of at least 4 members (excludes halogenated alkanes) is 22. The van der Waals surface area contributed by atoms with Crippen molar-refractivity contribution in [3.63, 3.8) is 0 Å². The Morgan fingerprint density at radius 3 is 1.07 bits per heavy atom. The Labute approximate surface area is 376 Å². The molecule has 6 heteroatoms. The van der Waals surface area contributed by atoms with Crippen LogP contribution in [0.15, 0.2) is 72.9 Å². The number of rotatable bonds is 45. The number of allylic oxidation sites excluding steroid dienone is 12. The largest absolute Gasteiger partial charge is 0.462 e. The molecule has 1 unspecified atom stereocenters. The summed E-state index contributed by atoms with van der Waals surface area (Å²) in [5.41, 5.74) is 0. The lowest BCUT2D eigenvalue weighted by molar-refractivity contribution is -0.166. The van der Waals surface area contributed by atoms with Crippen molar-refractivity contribution in [3.8, 4) is 0 Å². The van der Waals surface area contributed by atoms with Crippen LogP contribution < -0.4 is 0 Å². The van der Waals surface area contributed by atoms with Crippen molar-refractivity contribution in [1.82, 2.24) is 0 Å². The third-order valence-electron chi connectivity index (χ3n) is 10.7. The van der Waals surface area contributed by atoms with Gasteiger partial charge in [0, 0.05) is 19.3 Å². The van der Waals surface area contributed by atoms with Gasteiger partial charge in [-0.05, 0) is 77.0 Å². The monoisotopic (exact) mass is 851 g/mol. The van der Waals surface area contributed by atoms with Crippen LogP contribution >= 0.6 is 0 Å². The molecule has 0 aliphatic rings. The first-order chi connectivity index (χ1) is 30.0. The minimum Gasteiger partial charge on any atom is -0.462 e. The number of hydrogen-bond donors (Lipinski definition) is 0. The molecule has 0 aromatic carbocycles. The van der Waals surface area contributed by atoms with E-state index in [4.69, 9.17) is 14.2 Å². The second-order valence-corrected chi connectivity index (χ2v) is 16.7. The standard InChI is InChI=1S/C55H94O6/c1-4-7-10-13-16-19-21-23-24-25-26-27-28-29-30-32-33-36-39-42-45-48-54(57)60-51-52(50-59-53(56)47-44-41-38-35-18-15-12-9-6-3)61-55(58)49-46-43-40-37-34-31-22-20-17-14-11-8-5-2/h8,11,17,20-21,23,25-26,31,34,40,43,52H,4-7,9-10,12-16,18-19,22,24,27-30,32-33,35-39,41-42,44-51H2,1-3H3/b11-8-,20-17-,23-21-,26-25-,34-31-,43-40-. The van der Waals surface area contributed by atoms with Gasteiger partial charge in [-0.25, -0.2) is 0 Å². The molecule has 0 heterocycles. The Bertz CT molecular complexity index is 1160. The van der Waals surface area contributed by atoms with Crippen molar-refractivity contribution in [3.05, 3.63) is 72.9 Å². The Hall–Kier alpha value is -3.15. The van der Waals surface area contributed by atoms with Crippen molar-refractivity contribution < 1.29 is 28.6 Å². The maximum absolute atomic E-state index is 12.7. The van der Waals surface area contributed by atoms with Gasteiger partial charge in [-0.15, -0.1) is 0 Å². The van der Waals surface area contributed by atoms with Crippen LogP contribution in [0.1, 0.15) is 239 Å². The smallest absolute Gasteiger partial charge is 0.306 e. The molecule has 6 nitrogen and oxygen atoms in total. The number of carbonyl (C=O) groups is 3. The summed E-state index contributed by atoms with van der Waals surface area (Å²) in [4.78, 5) is 37.8. The zero-order valence-corrected chi connectivity index (χ0v) is 39.9. The summed E-state index contributed by atoms with van der Waals surface area (Å²) in [6, 6.07) is 0. The Balaban J connectivity index is 4.34. The molecular weight excluding hydrogens is 757 g/mol. The number of esters is 3. The quantitative estimate of drug-likeness (QED) is 0.0263. The molecule has 61 heavy (non-hydrogen) atoms. The molecule has 0 aliphatic carbocycles. The Morgan fingerprint density at radius 2 is 0.672 bits per heavy atom. The van der Waals surface area contributed by atoms with Crippen molar-refractivity contribution in [1.29, 1.82) is 0 Å². The number of carbonyl (C=O) groups excluding carboxylic acids is 3. The molecule has 0 N–H and O–H groups in total. The highest BCUT2D eigenvalue weighted by Crippen LogP contribution is 2.14. The minimum absolute atomic E-state index is 0.104. The Kier molecular flexibility index (Phi) is 46.9. The number of ether oxygens (including phenoxy) is 3. The van der Waals surface area contributed by atoms with Crippen LogP contribution in [0.4, 0.5) is 0 Å². The molecule has 0 saturated heterocycles. The molecule has 0 spiro atoms. The van der Waals surface area contributed by atoms with Gasteiger partial charge < -0.3 is 14.2 Å². The first kappa shape index (κ1) is 57.9. The molecule has 0 rings (SSSR count). The first-order valence-corrected chi connectivity index (χ1v) is 25.4.